The summed E-state index contributed by atoms with van der Waals surface area (Å²) >= 11 is 0. The average Bonchev–Trinajstić information content (AvgIpc) is 3.28. The topological polar surface area (TPSA) is 91.5 Å². The standard InChI is InChI=1S/C22H16N4O4/c27-20-12-15(23-19-9-3-4-10-24(19)20)13-25-18-8-2-1-7-17(18)21(28)26(22(25)29)14-16-6-5-11-30-16/h1-12H,13-14H2. The molecule has 4 aromatic heterocycles. The van der Waals surface area contributed by atoms with Crippen LogP contribution in [0, 0.1) is 0 Å². The minimum atomic E-state index is -0.495. The van der Waals surface area contributed by atoms with Crippen LogP contribution in [0.1, 0.15) is 11.5 Å². The Hall–Kier alpha value is -4.20. The summed E-state index contributed by atoms with van der Waals surface area (Å²) in [7, 11) is 0. The predicted molar refractivity (Wildman–Crippen MR) is 111 cm³/mol. The van der Waals surface area contributed by atoms with Crippen LogP contribution in [0.15, 0.2) is 91.9 Å². The molecular formula is C22H16N4O4. The second kappa shape index (κ2) is 7.00. The number of rotatable bonds is 4. The van der Waals surface area contributed by atoms with Crippen molar-refractivity contribution in [3.63, 3.8) is 0 Å². The summed E-state index contributed by atoms with van der Waals surface area (Å²) in [6.07, 6.45) is 3.13. The largest absolute Gasteiger partial charge is 0.467 e. The van der Waals surface area contributed by atoms with E-state index in [9.17, 15) is 14.4 Å². The highest BCUT2D eigenvalue weighted by Crippen LogP contribution is 2.10. The Morgan fingerprint density at radius 2 is 1.70 bits per heavy atom. The molecule has 5 aromatic rings. The van der Waals surface area contributed by atoms with E-state index < -0.39 is 11.2 Å². The summed E-state index contributed by atoms with van der Waals surface area (Å²) in [6, 6.07) is 17.0. The molecule has 0 aliphatic heterocycles. The molecule has 0 N–H and O–H groups in total. The van der Waals surface area contributed by atoms with Gasteiger partial charge in [-0.25, -0.2) is 9.78 Å². The summed E-state index contributed by atoms with van der Waals surface area (Å²) < 4.78 is 9.34. The maximum atomic E-state index is 13.3. The maximum Gasteiger partial charge on any atom is 0.332 e. The van der Waals surface area contributed by atoms with Crippen LogP contribution < -0.4 is 16.8 Å². The van der Waals surface area contributed by atoms with Gasteiger partial charge in [0.05, 0.1) is 35.9 Å². The number of fused-ring (bicyclic) bond motifs is 2. The zero-order valence-electron chi connectivity index (χ0n) is 15.8. The van der Waals surface area contributed by atoms with Crippen LogP contribution in [0.4, 0.5) is 0 Å². The molecule has 0 aliphatic carbocycles. The Labute approximate surface area is 168 Å². The van der Waals surface area contributed by atoms with Gasteiger partial charge in [0, 0.05) is 12.3 Å². The number of furan rings is 1. The molecule has 148 valence electrons. The van der Waals surface area contributed by atoms with Gasteiger partial charge in [0.1, 0.15) is 11.4 Å². The Kier molecular flexibility index (Phi) is 4.17. The van der Waals surface area contributed by atoms with E-state index in [0.717, 1.165) is 4.57 Å². The number of benzene rings is 1. The maximum absolute atomic E-state index is 13.3. The van der Waals surface area contributed by atoms with E-state index in [1.807, 2.05) is 0 Å². The van der Waals surface area contributed by atoms with Gasteiger partial charge < -0.3 is 4.42 Å². The first-order chi connectivity index (χ1) is 14.6. The molecule has 4 heterocycles. The second-order valence-electron chi connectivity index (χ2n) is 6.87. The van der Waals surface area contributed by atoms with Crippen molar-refractivity contribution in [2.45, 2.75) is 13.1 Å². The van der Waals surface area contributed by atoms with Crippen molar-refractivity contribution >= 4 is 16.6 Å². The molecule has 0 spiro atoms. The molecule has 8 nitrogen and oxygen atoms in total. The SMILES string of the molecule is O=c1c2ccccc2n(Cc2cc(=O)n3ccccc3n2)c(=O)n1Cc1ccco1. The highest BCUT2D eigenvalue weighted by Gasteiger charge is 2.15. The zero-order valence-corrected chi connectivity index (χ0v) is 15.8. The first-order valence-corrected chi connectivity index (χ1v) is 9.34. The molecule has 0 saturated heterocycles. The van der Waals surface area contributed by atoms with E-state index in [0.29, 0.717) is 28.0 Å². The summed E-state index contributed by atoms with van der Waals surface area (Å²) in [5, 5.41) is 0.404. The Morgan fingerprint density at radius 3 is 2.53 bits per heavy atom. The lowest BCUT2D eigenvalue weighted by molar-refractivity contribution is 0.479. The first kappa shape index (κ1) is 17.9. The summed E-state index contributed by atoms with van der Waals surface area (Å²) in [5.41, 5.74) is 0.276. The highest BCUT2D eigenvalue weighted by atomic mass is 16.3. The molecule has 0 aliphatic rings. The molecule has 0 bridgehead atoms. The lowest BCUT2D eigenvalue weighted by Gasteiger charge is -2.13. The van der Waals surface area contributed by atoms with Gasteiger partial charge in [0.15, 0.2) is 0 Å². The van der Waals surface area contributed by atoms with Crippen LogP contribution in [0.3, 0.4) is 0 Å². The zero-order chi connectivity index (χ0) is 20.7. The van der Waals surface area contributed by atoms with Crippen molar-refractivity contribution in [3.8, 4) is 0 Å². The highest BCUT2D eigenvalue weighted by molar-refractivity contribution is 5.77. The monoisotopic (exact) mass is 400 g/mol. The molecular weight excluding hydrogens is 384 g/mol. The van der Waals surface area contributed by atoms with Crippen molar-refractivity contribution in [2.75, 3.05) is 0 Å². The number of aromatic nitrogens is 4. The fourth-order valence-electron chi connectivity index (χ4n) is 3.57. The third-order valence-corrected chi connectivity index (χ3v) is 4.97. The smallest absolute Gasteiger partial charge is 0.332 e. The van der Waals surface area contributed by atoms with E-state index in [4.69, 9.17) is 4.42 Å². The predicted octanol–water partition coefficient (Wildman–Crippen LogP) is 1.86. The van der Waals surface area contributed by atoms with E-state index in [2.05, 4.69) is 4.98 Å². The summed E-state index contributed by atoms with van der Waals surface area (Å²) in [6.45, 7) is 0.0712. The van der Waals surface area contributed by atoms with E-state index in [1.54, 1.807) is 60.8 Å². The van der Waals surface area contributed by atoms with Crippen molar-refractivity contribution in [1.29, 1.82) is 0 Å². The number of nitrogens with zero attached hydrogens (tertiary/aromatic N) is 4. The normalized spacial score (nSPS) is 11.3. The molecule has 0 radical (unpaired) electrons. The van der Waals surface area contributed by atoms with Gasteiger partial charge in [-0.3, -0.25) is 23.1 Å². The lowest BCUT2D eigenvalue weighted by atomic mass is 10.2. The molecule has 0 fully saturated rings. The van der Waals surface area contributed by atoms with Crippen LogP contribution in [-0.2, 0) is 13.1 Å². The molecule has 30 heavy (non-hydrogen) atoms. The molecule has 1 aromatic carbocycles. The van der Waals surface area contributed by atoms with Crippen LogP contribution in [0.25, 0.3) is 16.6 Å². The van der Waals surface area contributed by atoms with Crippen LogP contribution in [-0.4, -0.2) is 18.5 Å². The molecule has 5 rings (SSSR count). The Balaban J connectivity index is 1.72. The third-order valence-electron chi connectivity index (χ3n) is 4.97. The van der Waals surface area contributed by atoms with Gasteiger partial charge in [0.2, 0.25) is 0 Å². The van der Waals surface area contributed by atoms with Crippen LogP contribution in [0.5, 0.6) is 0 Å². The number of pyridine rings is 1. The van der Waals surface area contributed by atoms with Gasteiger partial charge in [-0.2, -0.15) is 0 Å². The van der Waals surface area contributed by atoms with E-state index in [1.165, 1.54) is 21.3 Å². The van der Waals surface area contributed by atoms with Crippen LogP contribution >= 0.6 is 0 Å². The van der Waals surface area contributed by atoms with Crippen LogP contribution in [0.2, 0.25) is 0 Å². The fraction of sp³-hybridized carbons (Fsp3) is 0.0909. The van der Waals surface area contributed by atoms with Crippen molar-refractivity contribution in [2.24, 2.45) is 0 Å². The van der Waals surface area contributed by atoms with Crippen molar-refractivity contribution in [1.82, 2.24) is 18.5 Å². The Morgan fingerprint density at radius 1 is 0.867 bits per heavy atom. The summed E-state index contributed by atoms with van der Waals surface area (Å²) in [4.78, 5) is 43.1. The number of hydrogen-bond acceptors (Lipinski definition) is 5. The number of para-hydroxylation sites is 1. The molecule has 0 atom stereocenters. The second-order valence-corrected chi connectivity index (χ2v) is 6.87. The molecule has 0 saturated carbocycles. The average molecular weight is 400 g/mol. The molecule has 0 unspecified atom stereocenters. The molecule has 0 amide bonds. The third kappa shape index (κ3) is 2.95. The summed E-state index contributed by atoms with van der Waals surface area (Å²) in [5.74, 6) is 0.498. The Bertz CT molecular complexity index is 1560. The first-order valence-electron chi connectivity index (χ1n) is 9.34. The van der Waals surface area contributed by atoms with E-state index in [-0.39, 0.29) is 18.6 Å². The van der Waals surface area contributed by atoms with Crippen molar-refractivity contribution in [3.05, 3.63) is 116 Å². The number of hydrogen-bond donors (Lipinski definition) is 0. The van der Waals surface area contributed by atoms with Gasteiger partial charge in [-0.15, -0.1) is 0 Å². The van der Waals surface area contributed by atoms with E-state index >= 15 is 0 Å². The van der Waals surface area contributed by atoms with Gasteiger partial charge in [-0.1, -0.05) is 18.2 Å². The molecule has 8 heteroatoms. The van der Waals surface area contributed by atoms with Crippen molar-refractivity contribution < 1.29 is 4.42 Å². The fourth-order valence-corrected chi connectivity index (χ4v) is 3.57. The minimum Gasteiger partial charge on any atom is -0.467 e. The van der Waals surface area contributed by atoms with Gasteiger partial charge in [0.25, 0.3) is 11.1 Å². The van der Waals surface area contributed by atoms with Gasteiger partial charge >= 0.3 is 5.69 Å². The quantitative estimate of drug-likeness (QED) is 0.459. The minimum absolute atomic E-state index is 0.0172. The lowest BCUT2D eigenvalue weighted by Crippen LogP contribution is -2.40. The van der Waals surface area contributed by atoms with Gasteiger partial charge in [-0.05, 0) is 36.4 Å².